The first-order valence-electron chi connectivity index (χ1n) is 6.52. The standard InChI is InChI=1S/C9H8O.C8H8O2/c1-7-2-3-9-8(6-7)4-5-10-9;1-6-2-3-7-8(4-6)10-5-9-7/h2-6H,1H3;2-4H,5H2,1H3. The molecule has 20 heavy (non-hydrogen) atoms. The van der Waals surface area contributed by atoms with Gasteiger partial charge in [-0.15, -0.1) is 0 Å². The smallest absolute Gasteiger partial charge is 0.231 e. The first kappa shape index (κ1) is 12.6. The molecule has 1 aliphatic heterocycles. The molecule has 3 nitrogen and oxygen atoms in total. The summed E-state index contributed by atoms with van der Waals surface area (Å²) in [5.41, 5.74) is 3.43. The Balaban J connectivity index is 0.000000121. The molecule has 4 rings (SSSR count). The highest BCUT2D eigenvalue weighted by Crippen LogP contribution is 2.31. The third kappa shape index (κ3) is 2.62. The number of hydrogen-bond acceptors (Lipinski definition) is 3. The molecule has 0 N–H and O–H groups in total. The van der Waals surface area contributed by atoms with E-state index >= 15 is 0 Å². The summed E-state index contributed by atoms with van der Waals surface area (Å²) in [6, 6.07) is 14.0. The zero-order valence-electron chi connectivity index (χ0n) is 11.6. The third-order valence-electron chi connectivity index (χ3n) is 3.14. The van der Waals surface area contributed by atoms with Crippen LogP contribution in [0.15, 0.2) is 53.1 Å². The molecule has 3 heteroatoms. The SMILES string of the molecule is Cc1ccc2c(c1)OCO2.Cc1ccc2occc2c1. The topological polar surface area (TPSA) is 31.6 Å². The van der Waals surface area contributed by atoms with E-state index in [1.54, 1.807) is 6.26 Å². The lowest BCUT2D eigenvalue weighted by Gasteiger charge is -1.94. The molecule has 0 saturated carbocycles. The fourth-order valence-corrected chi connectivity index (χ4v) is 2.09. The van der Waals surface area contributed by atoms with E-state index in [1.165, 1.54) is 16.5 Å². The van der Waals surface area contributed by atoms with Crippen LogP contribution < -0.4 is 9.47 Å². The molecule has 0 amide bonds. The molecule has 0 saturated heterocycles. The van der Waals surface area contributed by atoms with Crippen LogP contribution >= 0.6 is 0 Å². The van der Waals surface area contributed by atoms with Gasteiger partial charge in [0.15, 0.2) is 11.5 Å². The van der Waals surface area contributed by atoms with Crippen molar-refractivity contribution in [2.45, 2.75) is 13.8 Å². The second kappa shape index (κ2) is 5.29. The predicted molar refractivity (Wildman–Crippen MR) is 78.3 cm³/mol. The summed E-state index contributed by atoms with van der Waals surface area (Å²) < 4.78 is 15.5. The summed E-state index contributed by atoms with van der Waals surface area (Å²) in [7, 11) is 0. The highest BCUT2D eigenvalue weighted by Gasteiger charge is 2.11. The number of aryl methyl sites for hydroxylation is 2. The van der Waals surface area contributed by atoms with Gasteiger partial charge in [0.2, 0.25) is 6.79 Å². The number of fused-ring (bicyclic) bond motifs is 2. The van der Waals surface area contributed by atoms with Crippen molar-refractivity contribution in [3.63, 3.8) is 0 Å². The van der Waals surface area contributed by atoms with Gasteiger partial charge in [0, 0.05) is 5.39 Å². The van der Waals surface area contributed by atoms with E-state index in [0.717, 1.165) is 17.1 Å². The minimum Gasteiger partial charge on any atom is -0.464 e. The summed E-state index contributed by atoms with van der Waals surface area (Å²) in [5.74, 6) is 1.71. The second-order valence-electron chi connectivity index (χ2n) is 4.82. The van der Waals surface area contributed by atoms with Crippen molar-refractivity contribution in [2.24, 2.45) is 0 Å². The van der Waals surface area contributed by atoms with Crippen LogP contribution in [0.5, 0.6) is 11.5 Å². The van der Waals surface area contributed by atoms with Crippen molar-refractivity contribution >= 4 is 11.0 Å². The van der Waals surface area contributed by atoms with Crippen molar-refractivity contribution in [1.29, 1.82) is 0 Å². The fourth-order valence-electron chi connectivity index (χ4n) is 2.09. The molecule has 0 aliphatic carbocycles. The predicted octanol–water partition coefficient (Wildman–Crippen LogP) is 4.46. The summed E-state index contributed by atoms with van der Waals surface area (Å²) in [4.78, 5) is 0. The average molecular weight is 268 g/mol. The van der Waals surface area contributed by atoms with Crippen molar-refractivity contribution < 1.29 is 13.9 Å². The van der Waals surface area contributed by atoms with Crippen LogP contribution in [0.25, 0.3) is 11.0 Å². The summed E-state index contributed by atoms with van der Waals surface area (Å²) in [6.07, 6.45) is 1.71. The number of ether oxygens (including phenoxy) is 2. The van der Waals surface area contributed by atoms with E-state index in [2.05, 4.69) is 13.0 Å². The highest BCUT2D eigenvalue weighted by molar-refractivity contribution is 5.77. The quantitative estimate of drug-likeness (QED) is 0.603. The molecule has 2 aromatic carbocycles. The Morgan fingerprint density at radius 1 is 0.800 bits per heavy atom. The molecule has 2 heterocycles. The second-order valence-corrected chi connectivity index (χ2v) is 4.82. The number of rotatable bonds is 0. The van der Waals surface area contributed by atoms with Crippen LogP contribution in [0.3, 0.4) is 0 Å². The normalized spacial score (nSPS) is 12.1. The van der Waals surface area contributed by atoms with Crippen LogP contribution in [0.1, 0.15) is 11.1 Å². The molecule has 0 radical (unpaired) electrons. The van der Waals surface area contributed by atoms with Gasteiger partial charge in [-0.2, -0.15) is 0 Å². The first-order chi connectivity index (χ1) is 9.72. The summed E-state index contributed by atoms with van der Waals surface area (Å²) in [6.45, 7) is 4.47. The maximum absolute atomic E-state index is 5.17. The molecular formula is C17H16O3. The lowest BCUT2D eigenvalue weighted by atomic mass is 10.2. The monoisotopic (exact) mass is 268 g/mol. The molecular weight excluding hydrogens is 252 g/mol. The number of hydrogen-bond donors (Lipinski definition) is 0. The molecule has 0 spiro atoms. The van der Waals surface area contributed by atoms with Gasteiger partial charge in [0.25, 0.3) is 0 Å². The molecule has 102 valence electrons. The maximum Gasteiger partial charge on any atom is 0.231 e. The lowest BCUT2D eigenvalue weighted by Crippen LogP contribution is -1.92. The van der Waals surface area contributed by atoms with Gasteiger partial charge in [-0.25, -0.2) is 0 Å². The summed E-state index contributed by atoms with van der Waals surface area (Å²) in [5, 5.41) is 1.18. The Kier molecular flexibility index (Phi) is 3.33. The van der Waals surface area contributed by atoms with Crippen molar-refractivity contribution in [2.75, 3.05) is 6.79 Å². The Hall–Kier alpha value is -2.42. The number of benzene rings is 2. The Morgan fingerprint density at radius 2 is 1.55 bits per heavy atom. The Labute approximate surface area is 117 Å². The molecule has 0 fully saturated rings. The van der Waals surface area contributed by atoms with Crippen molar-refractivity contribution in [3.05, 3.63) is 59.9 Å². The molecule has 3 aromatic rings. The Bertz CT molecular complexity index is 728. The molecule has 0 bridgehead atoms. The van der Waals surface area contributed by atoms with E-state index in [-0.39, 0.29) is 0 Å². The van der Waals surface area contributed by atoms with Gasteiger partial charge in [-0.3, -0.25) is 0 Å². The van der Waals surface area contributed by atoms with Gasteiger partial charge < -0.3 is 13.9 Å². The van der Waals surface area contributed by atoms with Crippen LogP contribution in [0, 0.1) is 13.8 Å². The van der Waals surface area contributed by atoms with Crippen LogP contribution in [-0.4, -0.2) is 6.79 Å². The highest BCUT2D eigenvalue weighted by atomic mass is 16.7. The van der Waals surface area contributed by atoms with Crippen LogP contribution in [-0.2, 0) is 0 Å². The van der Waals surface area contributed by atoms with E-state index in [4.69, 9.17) is 13.9 Å². The van der Waals surface area contributed by atoms with Crippen molar-refractivity contribution in [1.82, 2.24) is 0 Å². The van der Waals surface area contributed by atoms with Gasteiger partial charge in [-0.1, -0.05) is 17.7 Å². The maximum atomic E-state index is 5.17. The molecule has 1 aliphatic rings. The minimum absolute atomic E-state index is 0.360. The Morgan fingerprint density at radius 3 is 2.45 bits per heavy atom. The van der Waals surface area contributed by atoms with Gasteiger partial charge >= 0.3 is 0 Å². The third-order valence-corrected chi connectivity index (χ3v) is 3.14. The van der Waals surface area contributed by atoms with E-state index in [1.807, 2.05) is 43.3 Å². The molecule has 0 unspecified atom stereocenters. The fraction of sp³-hybridized carbons (Fsp3) is 0.176. The lowest BCUT2D eigenvalue weighted by molar-refractivity contribution is 0.174. The van der Waals surface area contributed by atoms with E-state index in [0.29, 0.717) is 6.79 Å². The van der Waals surface area contributed by atoms with Crippen LogP contribution in [0.2, 0.25) is 0 Å². The summed E-state index contributed by atoms with van der Waals surface area (Å²) >= 11 is 0. The van der Waals surface area contributed by atoms with E-state index < -0.39 is 0 Å². The average Bonchev–Trinajstić information content (AvgIpc) is 3.06. The zero-order chi connectivity index (χ0) is 13.9. The van der Waals surface area contributed by atoms with Crippen molar-refractivity contribution in [3.8, 4) is 11.5 Å². The first-order valence-corrected chi connectivity index (χ1v) is 6.52. The molecule has 0 atom stereocenters. The minimum atomic E-state index is 0.360. The van der Waals surface area contributed by atoms with Gasteiger partial charge in [0.05, 0.1) is 6.26 Å². The largest absolute Gasteiger partial charge is 0.464 e. The van der Waals surface area contributed by atoms with Gasteiger partial charge in [0.1, 0.15) is 5.58 Å². The number of furan rings is 1. The zero-order valence-corrected chi connectivity index (χ0v) is 11.6. The molecule has 1 aromatic heterocycles. The van der Waals surface area contributed by atoms with Gasteiger partial charge in [-0.05, 0) is 49.7 Å². The van der Waals surface area contributed by atoms with Crippen LogP contribution in [0.4, 0.5) is 0 Å². The van der Waals surface area contributed by atoms with E-state index in [9.17, 15) is 0 Å².